The Balaban J connectivity index is 2.00. The van der Waals surface area contributed by atoms with Crippen LogP contribution >= 0.6 is 11.6 Å². The van der Waals surface area contributed by atoms with Gasteiger partial charge in [-0.05, 0) is 45.7 Å². The van der Waals surface area contributed by atoms with Crippen LogP contribution in [-0.4, -0.2) is 55.1 Å². The van der Waals surface area contributed by atoms with Gasteiger partial charge in [-0.15, -0.1) is 0 Å². The lowest BCUT2D eigenvalue weighted by molar-refractivity contribution is 0.0589. The van der Waals surface area contributed by atoms with E-state index in [1.165, 1.54) is 25.7 Å². The number of rotatable bonds is 6. The van der Waals surface area contributed by atoms with E-state index in [1.54, 1.807) is 6.92 Å². The van der Waals surface area contributed by atoms with Gasteiger partial charge in [0.05, 0.1) is 34.3 Å². The molecule has 1 fully saturated rings. The van der Waals surface area contributed by atoms with E-state index in [2.05, 4.69) is 5.32 Å². The number of nitrogens with zero attached hydrogens (tertiary/aromatic N) is 2. The summed E-state index contributed by atoms with van der Waals surface area (Å²) in [6.45, 7) is 0.326. The highest BCUT2D eigenvalue weighted by atomic mass is 35.5. The lowest BCUT2D eigenvalue weighted by atomic mass is 10.1. The van der Waals surface area contributed by atoms with Crippen molar-refractivity contribution in [2.75, 3.05) is 25.5 Å². The van der Waals surface area contributed by atoms with Crippen LogP contribution in [0.2, 0.25) is 5.02 Å². The topological polar surface area (TPSA) is 71.1 Å². The summed E-state index contributed by atoms with van der Waals surface area (Å²) in [5.41, 5.74) is -2.65. The number of methoxy groups -OCH3 is 1. The SMILES string of the molecule is [2H]c1c([2H])c([2H])c(C([2H])([2H])N2CC[C@@H](NC(=O)c3cc(Cl)c(N(C(=O)OC(C)(C)C)C([2H])([2H])[2H])cc3OC([2H])([2H])[2H])[C@H]2C)c([2H])c1[2H]. The van der Waals surface area contributed by atoms with Crippen molar-refractivity contribution < 1.29 is 36.9 Å². The Labute approximate surface area is 225 Å². The van der Waals surface area contributed by atoms with Crippen LogP contribution in [0.15, 0.2) is 42.3 Å². The van der Waals surface area contributed by atoms with Crippen molar-refractivity contribution in [2.24, 2.45) is 0 Å². The first-order chi connectivity index (χ1) is 21.2. The Morgan fingerprint density at radius 2 is 2.06 bits per heavy atom. The maximum absolute atomic E-state index is 13.6. The smallest absolute Gasteiger partial charge is 0.414 e. The molecule has 1 aliphatic heterocycles. The lowest BCUT2D eigenvalue weighted by Gasteiger charge is -2.26. The van der Waals surface area contributed by atoms with E-state index in [-0.39, 0.29) is 17.9 Å². The largest absolute Gasteiger partial charge is 0.496 e. The van der Waals surface area contributed by atoms with Gasteiger partial charge in [0.25, 0.3) is 5.91 Å². The van der Waals surface area contributed by atoms with Gasteiger partial charge in [0, 0.05) is 45.0 Å². The number of hydrogen-bond acceptors (Lipinski definition) is 5. The number of benzene rings is 2. The van der Waals surface area contributed by atoms with Crippen LogP contribution < -0.4 is 15.0 Å². The van der Waals surface area contributed by atoms with E-state index >= 15 is 0 Å². The molecule has 1 N–H and O–H groups in total. The average Bonchev–Trinajstić information content (AvgIpc) is 3.25. The molecule has 1 aliphatic rings. The number of carbonyl (C=O) groups excluding carboxylic acids is 2. The predicted molar refractivity (Wildman–Crippen MR) is 135 cm³/mol. The number of hydrogen-bond donors (Lipinski definition) is 1. The van der Waals surface area contributed by atoms with Gasteiger partial charge in [0.15, 0.2) is 0 Å². The third kappa shape index (κ3) is 6.21. The predicted octanol–water partition coefficient (Wildman–Crippen LogP) is 5.11. The second-order valence-electron chi connectivity index (χ2n) is 8.63. The highest BCUT2D eigenvalue weighted by Gasteiger charge is 2.33. The van der Waals surface area contributed by atoms with Crippen LogP contribution in [0.4, 0.5) is 10.5 Å². The Morgan fingerprint density at radius 1 is 1.32 bits per heavy atom. The van der Waals surface area contributed by atoms with Crippen molar-refractivity contribution in [1.82, 2.24) is 10.2 Å². The van der Waals surface area contributed by atoms with Crippen molar-refractivity contribution >= 4 is 29.3 Å². The fourth-order valence-electron chi connectivity index (χ4n) is 3.37. The van der Waals surface area contributed by atoms with Gasteiger partial charge in [0.2, 0.25) is 0 Å². The van der Waals surface area contributed by atoms with Gasteiger partial charge in [-0.1, -0.05) is 41.8 Å². The molecule has 1 saturated heterocycles. The molecule has 8 heteroatoms. The van der Waals surface area contributed by atoms with Crippen molar-refractivity contribution in [1.29, 1.82) is 0 Å². The van der Waals surface area contributed by atoms with Gasteiger partial charge >= 0.3 is 6.09 Å². The summed E-state index contributed by atoms with van der Waals surface area (Å²) in [5, 5.41) is 2.23. The standard InChI is InChI=1S/C26H34ClN3O4/c1-17-21(12-13-30(17)16-18-10-8-7-9-11-18)28-24(31)19-14-20(27)22(15-23(19)33-6)29(5)25(32)34-26(2,3)4/h7-11,14-15,17,21H,12-13,16H2,1-6H3,(H,28,31)/t17-,21-/m1/s1/i5D3,6D3,7D,8D,9D,10D,11D,16D2. The first kappa shape index (κ1) is 13.4. The summed E-state index contributed by atoms with van der Waals surface area (Å²) in [4.78, 5) is 28.0. The molecule has 0 unspecified atom stereocenters. The van der Waals surface area contributed by atoms with Gasteiger partial charge in [-0.25, -0.2) is 4.79 Å². The molecule has 0 aliphatic carbocycles. The molecule has 0 saturated carbocycles. The molecule has 34 heavy (non-hydrogen) atoms. The highest BCUT2D eigenvalue weighted by Crippen LogP contribution is 2.34. The van der Waals surface area contributed by atoms with E-state index in [1.807, 2.05) is 0 Å². The minimum Gasteiger partial charge on any atom is -0.496 e. The minimum atomic E-state index is -3.16. The van der Waals surface area contributed by atoms with E-state index in [9.17, 15) is 9.59 Å². The van der Waals surface area contributed by atoms with Crippen LogP contribution in [0.3, 0.4) is 0 Å². The molecule has 0 spiro atoms. The number of amides is 2. The Kier molecular flexibility index (Phi) is 4.19. The monoisotopic (exact) mass is 500 g/mol. The molecule has 2 aromatic carbocycles. The molecule has 184 valence electrons. The summed E-state index contributed by atoms with van der Waals surface area (Å²) >= 11 is 6.38. The third-order valence-corrected chi connectivity index (χ3v) is 5.35. The Hall–Kier alpha value is -2.77. The number of likely N-dealkylation sites (tertiary alicyclic amines) is 1. The molecule has 0 aromatic heterocycles. The summed E-state index contributed by atoms with van der Waals surface area (Å²) in [5.74, 6) is -1.57. The van der Waals surface area contributed by atoms with Crippen LogP contribution in [-0.2, 0) is 11.2 Å². The maximum Gasteiger partial charge on any atom is 0.414 e. The highest BCUT2D eigenvalue weighted by molar-refractivity contribution is 6.34. The molecular formula is C26H34ClN3O4. The fraction of sp³-hybridized carbons (Fsp3) is 0.462. The van der Waals surface area contributed by atoms with E-state index in [4.69, 9.17) is 38.9 Å². The quantitative estimate of drug-likeness (QED) is 0.596. The number of nitrogens with one attached hydrogen (secondary N) is 1. The fourth-order valence-corrected chi connectivity index (χ4v) is 3.62. The molecule has 7 nitrogen and oxygen atoms in total. The van der Waals surface area contributed by atoms with Crippen molar-refractivity contribution in [2.45, 2.75) is 58.3 Å². The summed E-state index contributed by atoms with van der Waals surface area (Å²) in [6.07, 6.45) is -1.19. The van der Waals surface area contributed by atoms with Gasteiger partial charge in [-0.2, -0.15) is 0 Å². The molecule has 0 bridgehead atoms. The third-order valence-electron chi connectivity index (χ3n) is 5.05. The molecule has 0 radical (unpaired) electrons. The number of halogens is 1. The number of ether oxygens (including phenoxy) is 2. The van der Waals surface area contributed by atoms with Crippen LogP contribution in [0.25, 0.3) is 0 Å². The lowest BCUT2D eigenvalue weighted by Crippen LogP contribution is -2.43. The van der Waals surface area contributed by atoms with Crippen LogP contribution in [0, 0.1) is 0 Å². The normalized spacial score (nSPS) is 25.1. The zero-order valence-electron chi connectivity index (χ0n) is 32.1. The summed E-state index contributed by atoms with van der Waals surface area (Å²) in [6, 6.07) is -3.36. The van der Waals surface area contributed by atoms with Crippen molar-refractivity contribution in [3.05, 3.63) is 58.5 Å². The van der Waals surface area contributed by atoms with Gasteiger partial charge < -0.3 is 14.8 Å². The number of anilines is 1. The van der Waals surface area contributed by atoms with Gasteiger partial charge in [0.1, 0.15) is 11.4 Å². The molecule has 2 atom stereocenters. The Morgan fingerprint density at radius 3 is 2.71 bits per heavy atom. The van der Waals surface area contributed by atoms with E-state index < -0.39 is 108 Å². The zero-order chi connectivity index (χ0) is 36.2. The molecular weight excluding hydrogens is 454 g/mol. The first-order valence-corrected chi connectivity index (χ1v) is 10.8. The second-order valence-corrected chi connectivity index (χ2v) is 9.04. The second kappa shape index (κ2) is 10.7. The minimum absolute atomic E-state index is 0.0109. The summed E-state index contributed by atoms with van der Waals surface area (Å²) in [7, 11) is -3.13. The van der Waals surface area contributed by atoms with E-state index in [0.29, 0.717) is 0 Å². The number of carbonyl (C=O) groups is 2. The average molecular weight is 501 g/mol. The first-order valence-electron chi connectivity index (χ1n) is 16.9. The Bertz CT molecular complexity index is 1530. The molecule has 2 amide bonds. The maximum atomic E-state index is 13.6. The van der Waals surface area contributed by atoms with E-state index in [0.717, 1.165) is 12.1 Å². The molecule has 2 aromatic rings. The van der Waals surface area contributed by atoms with Crippen molar-refractivity contribution in [3.8, 4) is 5.75 Å². The van der Waals surface area contributed by atoms with Crippen LogP contribution in [0.1, 0.15) is 67.9 Å². The zero-order valence-corrected chi connectivity index (χ0v) is 19.9. The molecule has 3 rings (SSSR count). The van der Waals surface area contributed by atoms with Crippen LogP contribution in [0.5, 0.6) is 5.75 Å². The van der Waals surface area contributed by atoms with Crippen molar-refractivity contribution in [3.63, 3.8) is 0 Å². The summed E-state index contributed by atoms with van der Waals surface area (Å²) < 4.78 is 114. The molecule has 1 heterocycles. The van der Waals surface area contributed by atoms with Gasteiger partial charge in [-0.3, -0.25) is 14.6 Å².